The van der Waals surface area contributed by atoms with Gasteiger partial charge in [0, 0.05) is 24.3 Å². The first-order valence-corrected chi connectivity index (χ1v) is 8.33. The van der Waals surface area contributed by atoms with Gasteiger partial charge in [-0.15, -0.1) is 0 Å². The van der Waals surface area contributed by atoms with Crippen molar-refractivity contribution in [2.45, 2.75) is 45.3 Å². The molecule has 1 heterocycles. The maximum atomic E-state index is 12.4. The van der Waals surface area contributed by atoms with Gasteiger partial charge in [-0.05, 0) is 36.0 Å². The second kappa shape index (κ2) is 8.99. The summed E-state index contributed by atoms with van der Waals surface area (Å²) in [5, 5.41) is 14.2. The van der Waals surface area contributed by atoms with Gasteiger partial charge in [0.25, 0.3) is 0 Å². The topological polar surface area (TPSA) is 78.5 Å². The molecule has 6 heteroatoms. The molecule has 0 aromatic heterocycles. The minimum Gasteiger partial charge on any atom is -0.550 e. The molecule has 0 unspecified atom stereocenters. The summed E-state index contributed by atoms with van der Waals surface area (Å²) in [4.78, 5) is 23.7. The van der Waals surface area contributed by atoms with Crippen molar-refractivity contribution in [1.29, 1.82) is 0 Å². The molecule has 1 fully saturated rings. The number of carboxylic acids is 1. The van der Waals surface area contributed by atoms with E-state index < -0.39 is 17.8 Å². The number of carbonyl (C=O) groups excluding carboxylic acids is 2. The molecule has 24 heavy (non-hydrogen) atoms. The average molecular weight is 339 g/mol. The second-order valence-electron chi connectivity index (χ2n) is 6.39. The van der Waals surface area contributed by atoms with E-state index in [9.17, 15) is 14.7 Å². The van der Waals surface area contributed by atoms with Crippen LogP contribution in [0, 0.1) is 11.8 Å². The molecule has 1 N–H and O–H groups in total. The number of amides is 1. The van der Waals surface area contributed by atoms with Crippen molar-refractivity contribution >= 4 is 11.9 Å². The summed E-state index contributed by atoms with van der Waals surface area (Å²) in [5.41, 5.74) is 3.52. The predicted molar refractivity (Wildman–Crippen MR) is 82.1 cm³/mol. The van der Waals surface area contributed by atoms with Crippen molar-refractivity contribution in [3.8, 4) is 0 Å². The van der Waals surface area contributed by atoms with Crippen molar-refractivity contribution in [3.05, 3.63) is 34.9 Å². The van der Waals surface area contributed by atoms with Crippen LogP contribution in [0.2, 0.25) is 0 Å². The zero-order chi connectivity index (χ0) is 16.2. The second-order valence-corrected chi connectivity index (χ2v) is 6.39. The fraction of sp³-hybridized carbons (Fsp3) is 0.556. The van der Waals surface area contributed by atoms with Gasteiger partial charge in [-0.1, -0.05) is 31.0 Å². The largest absolute Gasteiger partial charge is 1.00 e. The number of hydrogen-bond acceptors (Lipinski definition) is 4. The molecule has 1 aliphatic heterocycles. The molecule has 0 spiro atoms. The molecule has 5 nitrogen and oxygen atoms in total. The Morgan fingerprint density at radius 1 is 1.21 bits per heavy atom. The standard InChI is InChI=1S/C18H23NO4.Na/c20-17(15-6-1-2-7-16(15)18(21)22)19-10-12-4-3-5-13-11-23-9-8-14(12)13;/h3-5,15-16H,1-2,6-11H2,(H,19,20)(H,21,22);/q;+1/p-1/t15-,16+;/m1./s1. The van der Waals surface area contributed by atoms with E-state index >= 15 is 0 Å². The molecule has 124 valence electrons. The maximum absolute atomic E-state index is 12.4. The van der Waals surface area contributed by atoms with Gasteiger partial charge >= 0.3 is 29.6 Å². The normalized spacial score (nSPS) is 22.8. The van der Waals surface area contributed by atoms with Crippen LogP contribution in [0.3, 0.4) is 0 Å². The summed E-state index contributed by atoms with van der Waals surface area (Å²) in [6.45, 7) is 1.76. The Labute approximate surface area is 164 Å². The van der Waals surface area contributed by atoms with E-state index in [0.29, 0.717) is 32.6 Å². The van der Waals surface area contributed by atoms with Crippen molar-refractivity contribution in [1.82, 2.24) is 5.32 Å². The third-order valence-corrected chi connectivity index (χ3v) is 4.98. The quantitative estimate of drug-likeness (QED) is 0.640. The number of nitrogens with one attached hydrogen (secondary N) is 1. The molecule has 1 aromatic carbocycles. The summed E-state index contributed by atoms with van der Waals surface area (Å²) < 4.78 is 5.45. The molecule has 1 aromatic rings. The number of fused-ring (bicyclic) bond motifs is 1. The van der Waals surface area contributed by atoms with E-state index in [2.05, 4.69) is 5.32 Å². The van der Waals surface area contributed by atoms with Gasteiger partial charge in [-0.2, -0.15) is 0 Å². The predicted octanol–water partition coefficient (Wildman–Crippen LogP) is -2.06. The fourth-order valence-corrected chi connectivity index (χ4v) is 3.71. The smallest absolute Gasteiger partial charge is 0.550 e. The first-order chi connectivity index (χ1) is 11.2. The van der Waals surface area contributed by atoms with Crippen LogP contribution in [0.1, 0.15) is 42.4 Å². The number of hydrogen-bond donors (Lipinski definition) is 1. The van der Waals surface area contributed by atoms with E-state index in [1.165, 1.54) is 11.1 Å². The summed E-state index contributed by atoms with van der Waals surface area (Å²) in [7, 11) is 0. The molecule has 0 saturated heterocycles. The van der Waals surface area contributed by atoms with E-state index in [0.717, 1.165) is 24.8 Å². The zero-order valence-electron chi connectivity index (χ0n) is 14.2. The SMILES string of the molecule is O=C([O-])[C@H]1CCCC[C@H]1C(=O)NCc1cccc2c1CCOC2.[Na+]. The number of ether oxygens (including phenoxy) is 1. The van der Waals surface area contributed by atoms with Crippen molar-refractivity contribution in [2.24, 2.45) is 11.8 Å². The van der Waals surface area contributed by atoms with E-state index in [1.54, 1.807) is 0 Å². The van der Waals surface area contributed by atoms with Crippen LogP contribution in [0.15, 0.2) is 18.2 Å². The monoisotopic (exact) mass is 339 g/mol. The van der Waals surface area contributed by atoms with Gasteiger partial charge in [-0.3, -0.25) is 4.79 Å². The van der Waals surface area contributed by atoms with Gasteiger partial charge in [0.05, 0.1) is 13.2 Å². The summed E-state index contributed by atoms with van der Waals surface area (Å²) in [6.07, 6.45) is 3.78. The number of aliphatic carboxylic acids is 1. The number of carbonyl (C=O) groups is 2. The fourth-order valence-electron chi connectivity index (χ4n) is 3.71. The minimum absolute atomic E-state index is 0. The average Bonchev–Trinajstić information content (AvgIpc) is 2.59. The van der Waals surface area contributed by atoms with Crippen LogP contribution in [-0.4, -0.2) is 18.5 Å². The number of carboxylic acid groups (broad SMARTS) is 1. The Balaban J connectivity index is 0.00000208. The van der Waals surface area contributed by atoms with Crippen molar-refractivity contribution in [2.75, 3.05) is 6.61 Å². The Morgan fingerprint density at radius 3 is 2.71 bits per heavy atom. The molecule has 2 aliphatic rings. The number of benzene rings is 1. The van der Waals surface area contributed by atoms with Crippen LogP contribution < -0.4 is 40.0 Å². The molecule has 1 amide bonds. The third kappa shape index (κ3) is 4.39. The van der Waals surface area contributed by atoms with Crippen LogP contribution in [0.25, 0.3) is 0 Å². The van der Waals surface area contributed by atoms with Crippen LogP contribution in [0.5, 0.6) is 0 Å². The molecule has 1 aliphatic carbocycles. The Morgan fingerprint density at radius 2 is 1.96 bits per heavy atom. The van der Waals surface area contributed by atoms with E-state index in [4.69, 9.17) is 4.74 Å². The maximum Gasteiger partial charge on any atom is 1.00 e. The molecule has 3 rings (SSSR count). The van der Waals surface area contributed by atoms with Crippen molar-refractivity contribution in [3.63, 3.8) is 0 Å². The molecule has 0 radical (unpaired) electrons. The van der Waals surface area contributed by atoms with Crippen LogP contribution >= 0.6 is 0 Å². The molecule has 2 atom stereocenters. The Bertz CT molecular complexity index is 605. The van der Waals surface area contributed by atoms with Gasteiger partial charge < -0.3 is 20.0 Å². The van der Waals surface area contributed by atoms with Crippen LogP contribution in [0.4, 0.5) is 0 Å². The summed E-state index contributed by atoms with van der Waals surface area (Å²) in [5.74, 6) is -2.37. The van der Waals surface area contributed by atoms with E-state index in [1.807, 2.05) is 18.2 Å². The third-order valence-electron chi connectivity index (χ3n) is 4.98. The summed E-state index contributed by atoms with van der Waals surface area (Å²) >= 11 is 0. The van der Waals surface area contributed by atoms with Gasteiger partial charge in [0.15, 0.2) is 0 Å². The molecular formula is C18H22NNaO4. The first kappa shape index (κ1) is 19.4. The Hall–Kier alpha value is -0.880. The number of rotatable bonds is 4. The molecule has 0 bridgehead atoms. The van der Waals surface area contributed by atoms with Gasteiger partial charge in [-0.25, -0.2) is 0 Å². The molecule has 1 saturated carbocycles. The zero-order valence-corrected chi connectivity index (χ0v) is 16.2. The minimum atomic E-state index is -1.10. The van der Waals surface area contributed by atoms with E-state index in [-0.39, 0.29) is 35.5 Å². The first-order valence-electron chi connectivity index (χ1n) is 8.33. The summed E-state index contributed by atoms with van der Waals surface area (Å²) in [6, 6.07) is 6.04. The molecular weight excluding hydrogens is 317 g/mol. The van der Waals surface area contributed by atoms with Crippen molar-refractivity contribution < 1.29 is 49.0 Å². The Kier molecular flexibility index (Phi) is 7.29. The van der Waals surface area contributed by atoms with Crippen LogP contribution in [-0.2, 0) is 33.9 Å². The van der Waals surface area contributed by atoms with Gasteiger partial charge in [0.1, 0.15) is 0 Å². The van der Waals surface area contributed by atoms with Gasteiger partial charge in [0.2, 0.25) is 5.91 Å².